The molecule has 8 fully saturated rings. The van der Waals surface area contributed by atoms with Crippen LogP contribution in [0.3, 0.4) is 0 Å². The minimum atomic E-state index is 0.520. The highest BCUT2D eigenvalue weighted by Gasteiger charge is 2.61. The van der Waals surface area contributed by atoms with Gasteiger partial charge in [0, 0.05) is 49.5 Å². The van der Waals surface area contributed by atoms with Gasteiger partial charge in [0.25, 0.3) is 0 Å². The zero-order valence-corrected chi connectivity index (χ0v) is 42.1. The summed E-state index contributed by atoms with van der Waals surface area (Å²) in [5, 5.41) is 0. The minimum Gasteiger partial charge on any atom is -0.378 e. The number of unbranched alkanes of at least 4 members (excludes halogenated alkanes) is 4. The second-order valence-corrected chi connectivity index (χ2v) is 24.4. The van der Waals surface area contributed by atoms with Crippen LogP contribution in [0.2, 0.25) is 0 Å². The van der Waals surface area contributed by atoms with Gasteiger partial charge in [0.15, 0.2) is 0 Å². The molecular weight excluding hydrogens is 757 g/mol. The molecule has 358 valence electrons. The molecule has 62 heavy (non-hydrogen) atoms. The van der Waals surface area contributed by atoms with Crippen molar-refractivity contribution >= 4 is 0 Å². The largest absolute Gasteiger partial charge is 0.378 e. The summed E-state index contributed by atoms with van der Waals surface area (Å²) in [6, 6.07) is 4.94. The molecule has 0 aromatic heterocycles. The Labute approximate surface area is 385 Å². The molecule has 0 aromatic rings. The fraction of sp³-hybridized carbons (Fsp3) is 1.00. The summed E-state index contributed by atoms with van der Waals surface area (Å²) in [4.78, 5) is 6.84. The smallest absolute Gasteiger partial charge is 0.0576 e. The lowest BCUT2D eigenvalue weighted by Crippen LogP contribution is -2.66. The van der Waals surface area contributed by atoms with Gasteiger partial charge < -0.3 is 9.47 Å². The Hall–Kier alpha value is -0.160. The van der Waals surface area contributed by atoms with Gasteiger partial charge in [-0.3, -0.25) is 9.80 Å². The third-order valence-corrected chi connectivity index (χ3v) is 20.6. The molecule has 8 aliphatic rings. The van der Waals surface area contributed by atoms with E-state index in [2.05, 4.69) is 51.3 Å². The lowest BCUT2D eigenvalue weighted by molar-refractivity contribution is -0.179. The molecule has 0 N–H and O–H groups in total. The van der Waals surface area contributed by atoms with Crippen LogP contribution in [0.25, 0.3) is 0 Å². The van der Waals surface area contributed by atoms with E-state index in [1.807, 2.05) is 0 Å². The van der Waals surface area contributed by atoms with E-state index in [4.69, 9.17) is 9.47 Å². The van der Waals surface area contributed by atoms with Gasteiger partial charge in [0.2, 0.25) is 0 Å². The molecule has 0 amide bonds. The van der Waals surface area contributed by atoms with Crippen LogP contribution in [0.1, 0.15) is 247 Å². The molecule has 10 atom stereocenters. The predicted molar refractivity (Wildman–Crippen MR) is 263 cm³/mol. The fourth-order valence-corrected chi connectivity index (χ4v) is 17.5. The molecular formula is C58H104N2O2. The van der Waals surface area contributed by atoms with Gasteiger partial charge in [0.05, 0.1) is 12.2 Å². The molecule has 0 saturated heterocycles. The van der Waals surface area contributed by atoms with Gasteiger partial charge in [-0.2, -0.15) is 0 Å². The SMILES string of the molecule is CCCCOC1CCC(N(C2CCC(C)CC2)C2CC(CCCC)C3CCC4C5C(CCC2C35)C(CCCC)CC4N(C2CCC(C)CC2)C2CCC(OCCCC)CC2)CC1. The minimum absolute atomic E-state index is 0.520. The van der Waals surface area contributed by atoms with Crippen molar-refractivity contribution < 1.29 is 9.47 Å². The number of hydrogen-bond donors (Lipinski definition) is 0. The van der Waals surface area contributed by atoms with E-state index in [0.717, 1.165) is 109 Å². The average molecular weight is 861 g/mol. The Morgan fingerprint density at radius 1 is 0.371 bits per heavy atom. The van der Waals surface area contributed by atoms with Crippen molar-refractivity contribution in [2.75, 3.05) is 13.2 Å². The Balaban J connectivity index is 1.11. The van der Waals surface area contributed by atoms with Gasteiger partial charge in [-0.15, -0.1) is 0 Å². The Kier molecular flexibility index (Phi) is 18.5. The molecule has 0 bridgehead atoms. The van der Waals surface area contributed by atoms with Crippen molar-refractivity contribution in [3.05, 3.63) is 0 Å². The van der Waals surface area contributed by atoms with Crippen molar-refractivity contribution in [3.8, 4) is 0 Å². The summed E-state index contributed by atoms with van der Waals surface area (Å²) in [6.07, 6.45) is 46.7. The van der Waals surface area contributed by atoms with Gasteiger partial charge in [-0.1, -0.05) is 92.9 Å². The summed E-state index contributed by atoms with van der Waals surface area (Å²) < 4.78 is 13.1. The van der Waals surface area contributed by atoms with E-state index < -0.39 is 0 Å². The zero-order chi connectivity index (χ0) is 43.0. The number of ether oxygens (including phenoxy) is 2. The lowest BCUT2D eigenvalue weighted by atomic mass is 9.42. The van der Waals surface area contributed by atoms with E-state index in [9.17, 15) is 0 Å². The molecule has 0 radical (unpaired) electrons. The van der Waals surface area contributed by atoms with Gasteiger partial charge in [0.1, 0.15) is 0 Å². The molecule has 4 nitrogen and oxygen atoms in total. The maximum absolute atomic E-state index is 6.55. The maximum Gasteiger partial charge on any atom is 0.0576 e. The molecule has 0 spiro atoms. The molecule has 0 aliphatic heterocycles. The number of rotatable bonds is 20. The normalized spacial score (nSPS) is 43.7. The van der Waals surface area contributed by atoms with Crippen molar-refractivity contribution in [1.82, 2.24) is 9.80 Å². The van der Waals surface area contributed by atoms with Gasteiger partial charge in [-0.25, -0.2) is 0 Å². The maximum atomic E-state index is 6.55. The standard InChI is InChI=1S/C58H104N2O2/c1-7-11-15-43-39-55(59(45-21-17-41(5)18-22-45)47-25-29-49(30-26-47)61-37-13-9-3)53-36-34-52-44(16-12-8-2)40-56(54-35-33-51(43)57(53)58(52)54)60(46-23-19-42(6)20-24-46)48-27-31-50(32-28-48)62-38-14-10-4/h41-58H,7-40H2,1-6H3. The van der Waals surface area contributed by atoms with Gasteiger partial charge >= 0.3 is 0 Å². The van der Waals surface area contributed by atoms with Gasteiger partial charge in [-0.05, 0) is 213 Å². The molecule has 10 unspecified atom stereocenters. The third kappa shape index (κ3) is 11.2. The Morgan fingerprint density at radius 2 is 0.694 bits per heavy atom. The zero-order valence-electron chi connectivity index (χ0n) is 42.1. The molecule has 8 aliphatic carbocycles. The average Bonchev–Trinajstić information content (AvgIpc) is 3.30. The summed E-state index contributed by atoms with van der Waals surface area (Å²) >= 11 is 0. The first kappa shape index (κ1) is 48.3. The lowest BCUT2D eigenvalue weighted by Gasteiger charge is -2.67. The first-order chi connectivity index (χ1) is 30.4. The molecule has 0 aromatic carbocycles. The summed E-state index contributed by atoms with van der Waals surface area (Å²) in [7, 11) is 0. The quantitative estimate of drug-likeness (QED) is 0.114. The number of nitrogens with zero attached hydrogens (tertiary/aromatic N) is 2. The van der Waals surface area contributed by atoms with E-state index in [1.54, 1.807) is 38.5 Å². The van der Waals surface area contributed by atoms with Crippen LogP contribution in [0, 0.1) is 59.2 Å². The monoisotopic (exact) mass is 861 g/mol. The van der Waals surface area contributed by atoms with E-state index in [0.29, 0.717) is 12.2 Å². The molecule has 4 heteroatoms. The van der Waals surface area contributed by atoms with Crippen molar-refractivity contribution in [1.29, 1.82) is 0 Å². The first-order valence-corrected chi connectivity index (χ1v) is 29.2. The Morgan fingerprint density at radius 3 is 1.03 bits per heavy atom. The molecule has 8 rings (SSSR count). The van der Waals surface area contributed by atoms with E-state index >= 15 is 0 Å². The van der Waals surface area contributed by atoms with Crippen molar-refractivity contribution in [3.63, 3.8) is 0 Å². The predicted octanol–water partition coefficient (Wildman–Crippen LogP) is 15.4. The van der Waals surface area contributed by atoms with Crippen LogP contribution in [0.15, 0.2) is 0 Å². The summed E-state index contributed by atoms with van der Waals surface area (Å²) in [5.74, 6) is 9.69. The third-order valence-electron chi connectivity index (χ3n) is 20.6. The second-order valence-electron chi connectivity index (χ2n) is 24.4. The van der Waals surface area contributed by atoms with Crippen LogP contribution in [-0.4, -0.2) is 71.5 Å². The molecule has 8 saturated carbocycles. The van der Waals surface area contributed by atoms with Crippen LogP contribution in [-0.2, 0) is 9.47 Å². The summed E-state index contributed by atoms with van der Waals surface area (Å²) in [6.45, 7) is 16.7. The highest BCUT2D eigenvalue weighted by molar-refractivity contribution is 5.12. The molecule has 0 heterocycles. The Bertz CT molecular complexity index is 1160. The van der Waals surface area contributed by atoms with Crippen LogP contribution in [0.4, 0.5) is 0 Å². The van der Waals surface area contributed by atoms with E-state index in [-0.39, 0.29) is 0 Å². The highest BCUT2D eigenvalue weighted by Crippen LogP contribution is 2.65. The highest BCUT2D eigenvalue weighted by atomic mass is 16.5. The van der Waals surface area contributed by atoms with Crippen molar-refractivity contribution in [2.24, 2.45) is 59.2 Å². The van der Waals surface area contributed by atoms with E-state index in [1.165, 1.54) is 167 Å². The number of hydrogen-bond acceptors (Lipinski definition) is 4. The fourth-order valence-electron chi connectivity index (χ4n) is 17.5. The van der Waals surface area contributed by atoms with Crippen LogP contribution < -0.4 is 0 Å². The second kappa shape index (κ2) is 23.7. The topological polar surface area (TPSA) is 24.9 Å². The van der Waals surface area contributed by atoms with Crippen LogP contribution >= 0.6 is 0 Å². The summed E-state index contributed by atoms with van der Waals surface area (Å²) in [5.41, 5.74) is 0. The van der Waals surface area contributed by atoms with Crippen LogP contribution in [0.5, 0.6) is 0 Å². The first-order valence-electron chi connectivity index (χ1n) is 29.2. The van der Waals surface area contributed by atoms with Crippen molar-refractivity contribution in [2.45, 2.75) is 295 Å².